The zero-order valence-corrected chi connectivity index (χ0v) is 8.53. The van der Waals surface area contributed by atoms with E-state index in [1.54, 1.807) is 0 Å². The molecule has 0 aromatic heterocycles. The minimum Gasteiger partial charge on any atom is -0.192 e. The number of hydrogen-bond donors (Lipinski definition) is 0. The smallest absolute Gasteiger partial charge is 0.0991 e. The van der Waals surface area contributed by atoms with Crippen LogP contribution in [0.25, 0.3) is 6.08 Å². The Morgan fingerprint density at radius 2 is 2.29 bits per heavy atom. The van der Waals surface area contributed by atoms with Gasteiger partial charge in [-0.1, -0.05) is 44.1 Å². The normalized spacial score (nSPS) is 10.3. The molecule has 1 rings (SSSR count). The van der Waals surface area contributed by atoms with Crippen LogP contribution < -0.4 is 0 Å². The third-order valence-corrected chi connectivity index (χ3v) is 2.05. The van der Waals surface area contributed by atoms with E-state index in [1.807, 2.05) is 24.3 Å². The van der Waals surface area contributed by atoms with Gasteiger partial charge < -0.3 is 0 Å². The number of allylic oxidation sites excluding steroid dienone is 1. The first-order valence-corrected chi connectivity index (χ1v) is 5.03. The molecule has 1 heteroatoms. The maximum Gasteiger partial charge on any atom is 0.0991 e. The maximum atomic E-state index is 8.70. The molecule has 0 atom stereocenters. The van der Waals surface area contributed by atoms with E-state index < -0.39 is 0 Å². The van der Waals surface area contributed by atoms with E-state index in [0.29, 0.717) is 0 Å². The summed E-state index contributed by atoms with van der Waals surface area (Å²) in [6, 6.07) is 9.79. The molecule has 0 aliphatic rings. The summed E-state index contributed by atoms with van der Waals surface area (Å²) in [5.74, 6) is 0. The van der Waals surface area contributed by atoms with E-state index in [2.05, 4.69) is 25.1 Å². The Balaban J connectivity index is 2.59. The predicted octanol–water partition coefficient (Wildman–Crippen LogP) is 3.76. The molecule has 0 heterocycles. The van der Waals surface area contributed by atoms with E-state index in [-0.39, 0.29) is 0 Å². The van der Waals surface area contributed by atoms with Crippen LogP contribution in [0.4, 0.5) is 0 Å². The predicted molar refractivity (Wildman–Crippen MR) is 59.7 cm³/mol. The van der Waals surface area contributed by atoms with E-state index >= 15 is 0 Å². The van der Waals surface area contributed by atoms with E-state index in [9.17, 15) is 0 Å². The molecule has 14 heavy (non-hydrogen) atoms. The molecule has 0 radical (unpaired) electrons. The van der Waals surface area contributed by atoms with Crippen molar-refractivity contribution in [2.45, 2.75) is 26.2 Å². The summed E-state index contributed by atoms with van der Waals surface area (Å²) < 4.78 is 0. The summed E-state index contributed by atoms with van der Waals surface area (Å²) in [4.78, 5) is 0. The molecule has 0 bridgehead atoms. The van der Waals surface area contributed by atoms with Crippen LogP contribution in [0, 0.1) is 11.3 Å². The lowest BCUT2D eigenvalue weighted by Crippen LogP contribution is -1.76. The molecule has 0 fully saturated rings. The lowest BCUT2D eigenvalue weighted by atomic mass is 10.1. The van der Waals surface area contributed by atoms with Crippen molar-refractivity contribution in [2.24, 2.45) is 0 Å². The number of rotatable bonds is 4. The molecule has 0 aliphatic heterocycles. The van der Waals surface area contributed by atoms with Gasteiger partial charge in [0.15, 0.2) is 0 Å². The van der Waals surface area contributed by atoms with Crippen LogP contribution in [-0.2, 0) is 0 Å². The van der Waals surface area contributed by atoms with Crippen molar-refractivity contribution in [3.63, 3.8) is 0 Å². The van der Waals surface area contributed by atoms with Gasteiger partial charge in [0.2, 0.25) is 0 Å². The van der Waals surface area contributed by atoms with Crippen molar-refractivity contribution >= 4 is 6.08 Å². The average molecular weight is 185 g/mol. The highest BCUT2D eigenvalue weighted by Gasteiger charge is 1.89. The molecular weight excluding hydrogens is 170 g/mol. The number of nitriles is 1. The van der Waals surface area contributed by atoms with Crippen molar-refractivity contribution in [1.82, 2.24) is 0 Å². The molecule has 0 saturated heterocycles. The van der Waals surface area contributed by atoms with Gasteiger partial charge in [0, 0.05) is 0 Å². The minimum atomic E-state index is 0.725. The second-order valence-electron chi connectivity index (χ2n) is 3.28. The van der Waals surface area contributed by atoms with Crippen molar-refractivity contribution in [2.75, 3.05) is 0 Å². The van der Waals surface area contributed by atoms with Crippen LogP contribution in [-0.4, -0.2) is 0 Å². The standard InChI is InChI=1S/C13H15N/c1-2-3-4-5-7-12-8-6-9-13(10-12)11-14/h5-10H,2-4H2,1H3/b7-5-. The van der Waals surface area contributed by atoms with E-state index in [4.69, 9.17) is 5.26 Å². The monoisotopic (exact) mass is 185 g/mol. The molecule has 0 saturated carbocycles. The van der Waals surface area contributed by atoms with Gasteiger partial charge >= 0.3 is 0 Å². The van der Waals surface area contributed by atoms with Crippen molar-refractivity contribution in [1.29, 1.82) is 5.26 Å². The lowest BCUT2D eigenvalue weighted by Gasteiger charge is -1.93. The fourth-order valence-corrected chi connectivity index (χ4v) is 1.25. The fourth-order valence-electron chi connectivity index (χ4n) is 1.25. The molecule has 1 aromatic carbocycles. The maximum absolute atomic E-state index is 8.70. The van der Waals surface area contributed by atoms with Crippen LogP contribution in [0.5, 0.6) is 0 Å². The first kappa shape index (κ1) is 10.5. The molecule has 0 unspecified atom stereocenters. The third-order valence-electron chi connectivity index (χ3n) is 2.05. The number of unbranched alkanes of at least 4 members (excludes halogenated alkanes) is 2. The van der Waals surface area contributed by atoms with Crippen LogP contribution in [0.15, 0.2) is 30.3 Å². The summed E-state index contributed by atoms with van der Waals surface area (Å²) in [5, 5.41) is 8.70. The lowest BCUT2D eigenvalue weighted by molar-refractivity contribution is 0.816. The molecule has 0 N–H and O–H groups in total. The Bertz CT molecular complexity index is 344. The SMILES string of the molecule is CCCC/C=C\c1cccc(C#N)c1. The molecule has 0 amide bonds. The van der Waals surface area contributed by atoms with Crippen molar-refractivity contribution in [3.05, 3.63) is 41.5 Å². The van der Waals surface area contributed by atoms with Gasteiger partial charge in [-0.25, -0.2) is 0 Å². The van der Waals surface area contributed by atoms with Crippen LogP contribution in [0.2, 0.25) is 0 Å². The zero-order chi connectivity index (χ0) is 10.2. The van der Waals surface area contributed by atoms with Gasteiger partial charge in [-0.15, -0.1) is 0 Å². The summed E-state index contributed by atoms with van der Waals surface area (Å²) in [6.45, 7) is 2.18. The minimum absolute atomic E-state index is 0.725. The number of hydrogen-bond acceptors (Lipinski definition) is 1. The summed E-state index contributed by atoms with van der Waals surface area (Å²) in [5.41, 5.74) is 1.84. The molecule has 0 spiro atoms. The largest absolute Gasteiger partial charge is 0.192 e. The quantitative estimate of drug-likeness (QED) is 0.655. The Morgan fingerprint density at radius 1 is 1.43 bits per heavy atom. The molecular formula is C13H15N. The zero-order valence-electron chi connectivity index (χ0n) is 8.53. The number of benzene rings is 1. The molecule has 1 aromatic rings. The highest BCUT2D eigenvalue weighted by atomic mass is 14.2. The second kappa shape index (κ2) is 5.99. The summed E-state index contributed by atoms with van der Waals surface area (Å²) in [7, 11) is 0. The molecule has 1 nitrogen and oxygen atoms in total. The van der Waals surface area contributed by atoms with Crippen LogP contribution >= 0.6 is 0 Å². The van der Waals surface area contributed by atoms with Gasteiger partial charge in [-0.3, -0.25) is 0 Å². The Kier molecular flexibility index (Phi) is 4.50. The highest BCUT2D eigenvalue weighted by Crippen LogP contribution is 2.07. The van der Waals surface area contributed by atoms with E-state index in [1.165, 1.54) is 12.8 Å². The van der Waals surface area contributed by atoms with Gasteiger partial charge in [-0.2, -0.15) is 5.26 Å². The fraction of sp³-hybridized carbons (Fsp3) is 0.308. The Hall–Kier alpha value is -1.55. The second-order valence-corrected chi connectivity index (χ2v) is 3.28. The third kappa shape index (κ3) is 3.45. The van der Waals surface area contributed by atoms with Gasteiger partial charge in [0.05, 0.1) is 11.6 Å². The van der Waals surface area contributed by atoms with Gasteiger partial charge in [0.1, 0.15) is 0 Å². The summed E-state index contributed by atoms with van der Waals surface area (Å²) in [6.07, 6.45) is 7.82. The average Bonchev–Trinajstić information content (AvgIpc) is 2.25. The van der Waals surface area contributed by atoms with Crippen LogP contribution in [0.1, 0.15) is 37.3 Å². The van der Waals surface area contributed by atoms with Gasteiger partial charge in [0.25, 0.3) is 0 Å². The van der Waals surface area contributed by atoms with Crippen molar-refractivity contribution < 1.29 is 0 Å². The van der Waals surface area contributed by atoms with Gasteiger partial charge in [-0.05, 0) is 24.1 Å². The van der Waals surface area contributed by atoms with E-state index in [0.717, 1.165) is 17.5 Å². The highest BCUT2D eigenvalue weighted by molar-refractivity contribution is 5.52. The topological polar surface area (TPSA) is 23.8 Å². The molecule has 0 aliphatic carbocycles. The summed E-state index contributed by atoms with van der Waals surface area (Å²) >= 11 is 0. The number of nitrogens with zero attached hydrogens (tertiary/aromatic N) is 1. The Labute approximate surface area is 85.7 Å². The Morgan fingerprint density at radius 3 is 3.00 bits per heavy atom. The first-order chi connectivity index (χ1) is 6.86. The molecule has 72 valence electrons. The first-order valence-electron chi connectivity index (χ1n) is 5.03. The van der Waals surface area contributed by atoms with Crippen LogP contribution in [0.3, 0.4) is 0 Å². The van der Waals surface area contributed by atoms with Crippen molar-refractivity contribution in [3.8, 4) is 6.07 Å².